The molecule has 2 aliphatic carbocycles. The van der Waals surface area contributed by atoms with Gasteiger partial charge in [-0.15, -0.1) is 0 Å². The maximum atomic E-state index is 14.2. The normalized spacial score (nSPS) is 25.8. The molecule has 0 N–H and O–H groups in total. The van der Waals surface area contributed by atoms with Crippen molar-refractivity contribution < 1.29 is 4.74 Å². The highest BCUT2D eigenvalue weighted by atomic mass is 16.5. The summed E-state index contributed by atoms with van der Waals surface area (Å²) in [6, 6.07) is 18.8. The van der Waals surface area contributed by atoms with E-state index in [1.54, 1.807) is 7.11 Å². The van der Waals surface area contributed by atoms with Crippen LogP contribution in [0.4, 0.5) is 0 Å². The van der Waals surface area contributed by atoms with Crippen molar-refractivity contribution >= 4 is 21.8 Å². The van der Waals surface area contributed by atoms with Gasteiger partial charge in [-0.3, -0.25) is 4.79 Å². The lowest BCUT2D eigenvalue weighted by Gasteiger charge is -2.43. The van der Waals surface area contributed by atoms with Crippen molar-refractivity contribution in [3.05, 3.63) is 76.7 Å². The molecule has 0 unspecified atom stereocenters. The summed E-state index contributed by atoms with van der Waals surface area (Å²) < 4.78 is 10.1. The first kappa shape index (κ1) is 20.6. The zero-order valence-electron chi connectivity index (χ0n) is 20.0. The molecule has 2 aliphatic rings. The van der Waals surface area contributed by atoms with Crippen molar-refractivity contribution in [3.63, 3.8) is 0 Å². The maximum Gasteiger partial charge on any atom is 0.260 e. The number of aromatic nitrogens is 2. The molecule has 0 aliphatic heterocycles. The number of hydrogen-bond donors (Lipinski definition) is 0. The molecule has 2 heterocycles. The van der Waals surface area contributed by atoms with E-state index in [2.05, 4.69) is 72.5 Å². The molecule has 0 saturated heterocycles. The summed E-state index contributed by atoms with van der Waals surface area (Å²) in [5.41, 5.74) is 3.60. The molecule has 0 spiro atoms. The molecule has 4 heteroatoms. The van der Waals surface area contributed by atoms with Crippen LogP contribution in [0.2, 0.25) is 0 Å². The van der Waals surface area contributed by atoms with E-state index in [0.29, 0.717) is 12.5 Å². The topological polar surface area (TPSA) is 36.2 Å². The minimum Gasteiger partial charge on any atom is -0.495 e. The molecule has 4 aromatic rings. The standard InChI is InChI=1S/C29H32N2O2/c1-28(2)20-13-15-29(3,17-20)27(28)30-16-14-22-24(26(30)32)21-11-8-12-23(33-4)25(21)31(22)18-19-9-6-5-7-10-19/h5-12,14,16,20,27H,13,15,17-18H2,1-4H3/t20-,27-,29+/m1/s1. The summed E-state index contributed by atoms with van der Waals surface area (Å²) in [6.07, 6.45) is 5.78. The van der Waals surface area contributed by atoms with Crippen molar-refractivity contribution in [2.24, 2.45) is 16.7 Å². The Kier molecular flexibility index (Phi) is 4.36. The molecular weight excluding hydrogens is 408 g/mol. The quantitative estimate of drug-likeness (QED) is 0.368. The highest BCUT2D eigenvalue weighted by Gasteiger charge is 2.60. The third kappa shape index (κ3) is 2.79. The van der Waals surface area contributed by atoms with Crippen LogP contribution in [-0.4, -0.2) is 16.2 Å². The third-order valence-electron chi connectivity index (χ3n) is 8.80. The largest absolute Gasteiger partial charge is 0.495 e. The van der Waals surface area contributed by atoms with Crippen LogP contribution in [0.25, 0.3) is 21.8 Å². The zero-order valence-corrected chi connectivity index (χ0v) is 20.0. The molecule has 2 aromatic carbocycles. The average Bonchev–Trinajstić information content (AvgIpc) is 3.41. The molecule has 2 bridgehead atoms. The number of hydrogen-bond acceptors (Lipinski definition) is 2. The molecule has 6 rings (SSSR count). The van der Waals surface area contributed by atoms with Crippen LogP contribution in [0.15, 0.2) is 65.6 Å². The number of para-hydroxylation sites is 1. The van der Waals surface area contributed by atoms with Gasteiger partial charge in [0.25, 0.3) is 5.56 Å². The number of fused-ring (bicyclic) bond motifs is 5. The Morgan fingerprint density at radius 2 is 1.82 bits per heavy atom. The van der Waals surface area contributed by atoms with Crippen LogP contribution < -0.4 is 10.3 Å². The lowest BCUT2D eigenvalue weighted by atomic mass is 9.68. The molecule has 2 aromatic heterocycles. The fourth-order valence-electron chi connectivity index (χ4n) is 7.41. The first-order chi connectivity index (χ1) is 15.8. The molecule has 4 nitrogen and oxygen atoms in total. The number of benzene rings is 2. The monoisotopic (exact) mass is 440 g/mol. The van der Waals surface area contributed by atoms with Gasteiger partial charge in [-0.1, -0.05) is 63.2 Å². The number of nitrogens with zero attached hydrogens (tertiary/aromatic N) is 2. The van der Waals surface area contributed by atoms with E-state index >= 15 is 0 Å². The van der Waals surface area contributed by atoms with Crippen LogP contribution in [0.1, 0.15) is 51.6 Å². The van der Waals surface area contributed by atoms with Gasteiger partial charge in [-0.25, -0.2) is 0 Å². The summed E-state index contributed by atoms with van der Waals surface area (Å²) in [5, 5.41) is 1.79. The lowest BCUT2D eigenvalue weighted by Crippen LogP contribution is -2.41. The molecule has 3 atom stereocenters. The summed E-state index contributed by atoms with van der Waals surface area (Å²) in [4.78, 5) is 14.2. The predicted octanol–water partition coefficient (Wildman–Crippen LogP) is 6.40. The molecule has 2 fully saturated rings. The van der Waals surface area contributed by atoms with E-state index in [9.17, 15) is 4.79 Å². The van der Waals surface area contributed by atoms with Crippen LogP contribution in [0.5, 0.6) is 5.75 Å². The van der Waals surface area contributed by atoms with Crippen LogP contribution in [-0.2, 0) is 6.54 Å². The van der Waals surface area contributed by atoms with Crippen LogP contribution in [0, 0.1) is 16.7 Å². The molecule has 2 saturated carbocycles. The van der Waals surface area contributed by atoms with Crippen molar-refractivity contribution in [3.8, 4) is 5.75 Å². The smallest absolute Gasteiger partial charge is 0.260 e. The Bertz CT molecular complexity index is 1420. The van der Waals surface area contributed by atoms with Gasteiger partial charge in [0.1, 0.15) is 5.75 Å². The fraction of sp³-hybridized carbons (Fsp3) is 0.414. The maximum absolute atomic E-state index is 14.2. The minimum absolute atomic E-state index is 0.116. The summed E-state index contributed by atoms with van der Waals surface area (Å²) in [6.45, 7) is 7.82. The van der Waals surface area contributed by atoms with Crippen molar-refractivity contribution in [2.45, 2.75) is 52.6 Å². The molecule has 0 amide bonds. The summed E-state index contributed by atoms with van der Waals surface area (Å²) in [7, 11) is 1.70. The number of methoxy groups -OCH3 is 1. The van der Waals surface area contributed by atoms with E-state index in [1.165, 1.54) is 24.8 Å². The summed E-state index contributed by atoms with van der Waals surface area (Å²) >= 11 is 0. The van der Waals surface area contributed by atoms with Gasteiger partial charge in [-0.05, 0) is 53.7 Å². The predicted molar refractivity (Wildman–Crippen MR) is 134 cm³/mol. The van der Waals surface area contributed by atoms with Gasteiger partial charge < -0.3 is 13.9 Å². The summed E-state index contributed by atoms with van der Waals surface area (Å²) in [5.74, 6) is 1.49. The fourth-order valence-corrected chi connectivity index (χ4v) is 7.41. The Labute approximate surface area is 194 Å². The van der Waals surface area contributed by atoms with Crippen LogP contribution >= 0.6 is 0 Å². The van der Waals surface area contributed by atoms with Gasteiger partial charge in [0.05, 0.1) is 23.5 Å². The van der Waals surface area contributed by atoms with Crippen molar-refractivity contribution in [1.29, 1.82) is 0 Å². The Morgan fingerprint density at radius 1 is 1.03 bits per heavy atom. The SMILES string of the molecule is COc1cccc2c3c(=O)n([C@@H]4C(C)(C)[C@@H]5CC[C@@]4(C)C5)ccc3n(Cc3ccccc3)c12. The molecular formula is C29H32N2O2. The van der Waals surface area contributed by atoms with E-state index in [4.69, 9.17) is 4.74 Å². The second-order valence-corrected chi connectivity index (χ2v) is 11.0. The first-order valence-electron chi connectivity index (χ1n) is 12.1. The van der Waals surface area contributed by atoms with E-state index in [1.807, 2.05) is 18.2 Å². The van der Waals surface area contributed by atoms with E-state index in [0.717, 1.165) is 27.6 Å². The van der Waals surface area contributed by atoms with Gasteiger partial charge >= 0.3 is 0 Å². The van der Waals surface area contributed by atoms with Crippen LogP contribution in [0.3, 0.4) is 0 Å². The highest BCUT2D eigenvalue weighted by Crippen LogP contribution is 2.67. The third-order valence-corrected chi connectivity index (χ3v) is 8.80. The van der Waals surface area contributed by atoms with Crippen molar-refractivity contribution in [2.75, 3.05) is 7.11 Å². The Morgan fingerprint density at radius 3 is 2.52 bits per heavy atom. The average molecular weight is 441 g/mol. The van der Waals surface area contributed by atoms with Gasteiger partial charge in [0.15, 0.2) is 0 Å². The zero-order chi connectivity index (χ0) is 23.0. The van der Waals surface area contributed by atoms with E-state index < -0.39 is 0 Å². The molecule has 33 heavy (non-hydrogen) atoms. The highest BCUT2D eigenvalue weighted by molar-refractivity contribution is 6.09. The Balaban J connectivity index is 1.63. The Hall–Kier alpha value is -3.01. The number of rotatable bonds is 4. The number of ether oxygens (including phenoxy) is 1. The van der Waals surface area contributed by atoms with Crippen molar-refractivity contribution in [1.82, 2.24) is 9.13 Å². The lowest BCUT2D eigenvalue weighted by molar-refractivity contribution is 0.0811. The molecule has 0 radical (unpaired) electrons. The van der Waals surface area contributed by atoms with Gasteiger partial charge in [0.2, 0.25) is 0 Å². The van der Waals surface area contributed by atoms with Gasteiger partial charge in [0, 0.05) is 24.2 Å². The minimum atomic E-state index is 0.116. The molecule has 170 valence electrons. The van der Waals surface area contributed by atoms with E-state index in [-0.39, 0.29) is 22.4 Å². The second-order valence-electron chi connectivity index (χ2n) is 11.0. The second kappa shape index (κ2) is 6.99. The first-order valence-corrected chi connectivity index (χ1v) is 12.1. The number of pyridine rings is 1. The van der Waals surface area contributed by atoms with Gasteiger partial charge in [-0.2, -0.15) is 0 Å².